The monoisotopic (exact) mass is 253 g/mol. The van der Waals surface area contributed by atoms with Crippen LogP contribution in [0.15, 0.2) is 22.6 Å². The van der Waals surface area contributed by atoms with Crippen molar-refractivity contribution in [3.8, 4) is 5.75 Å². The Balaban J connectivity index is 3.00. The van der Waals surface area contributed by atoms with E-state index in [0.717, 1.165) is 16.9 Å². The van der Waals surface area contributed by atoms with Gasteiger partial charge >= 0.3 is 0 Å². The van der Waals surface area contributed by atoms with Gasteiger partial charge in [0.25, 0.3) is 0 Å². The Morgan fingerprint density at radius 3 is 2.53 bits per heavy atom. The molecular weight excluding hydrogens is 234 g/mol. The Labute approximate surface area is 106 Å². The topological polar surface area (TPSA) is 38.7 Å². The maximum Gasteiger partial charge on any atom is 0.144 e. The SMILES string of the molecule is COc1c(C)cccc1/C=N/[S@](=O)C(C)(C)C. The van der Waals surface area contributed by atoms with Crippen LogP contribution in [0.3, 0.4) is 0 Å². The summed E-state index contributed by atoms with van der Waals surface area (Å²) in [7, 11) is 0.385. The number of methoxy groups -OCH3 is 1. The van der Waals surface area contributed by atoms with Crippen LogP contribution in [0.2, 0.25) is 0 Å². The lowest BCUT2D eigenvalue weighted by Gasteiger charge is -2.13. The lowest BCUT2D eigenvalue weighted by Crippen LogP contribution is -2.19. The molecule has 0 heterocycles. The lowest BCUT2D eigenvalue weighted by molar-refractivity contribution is 0.411. The van der Waals surface area contributed by atoms with E-state index in [9.17, 15) is 4.21 Å². The van der Waals surface area contributed by atoms with Gasteiger partial charge in [-0.05, 0) is 39.3 Å². The number of hydrogen-bond acceptors (Lipinski definition) is 2. The van der Waals surface area contributed by atoms with E-state index < -0.39 is 11.0 Å². The highest BCUT2D eigenvalue weighted by Gasteiger charge is 2.18. The Morgan fingerprint density at radius 2 is 2.00 bits per heavy atom. The first-order valence-electron chi connectivity index (χ1n) is 5.46. The summed E-state index contributed by atoms with van der Waals surface area (Å²) < 4.78 is 20.8. The molecule has 0 saturated carbocycles. The van der Waals surface area contributed by atoms with E-state index in [1.807, 2.05) is 45.9 Å². The van der Waals surface area contributed by atoms with E-state index in [1.54, 1.807) is 13.3 Å². The number of nitrogens with zero attached hydrogens (tertiary/aromatic N) is 1. The minimum Gasteiger partial charge on any atom is -0.496 e. The van der Waals surface area contributed by atoms with Crippen LogP contribution in [0.1, 0.15) is 31.9 Å². The summed E-state index contributed by atoms with van der Waals surface area (Å²) in [5.74, 6) is 0.780. The summed E-state index contributed by atoms with van der Waals surface area (Å²) in [6.07, 6.45) is 1.62. The molecule has 1 atom stereocenters. The zero-order valence-corrected chi connectivity index (χ0v) is 11.8. The molecule has 0 aromatic heterocycles. The zero-order valence-electron chi connectivity index (χ0n) is 11.0. The average Bonchev–Trinajstić information content (AvgIpc) is 2.24. The third-order valence-corrected chi connectivity index (χ3v) is 3.60. The van der Waals surface area contributed by atoms with Crippen molar-refractivity contribution >= 4 is 17.2 Å². The standard InChI is InChI=1S/C13H19NO2S/c1-10-7-6-8-11(12(10)16-5)9-14-17(15)13(2,3)4/h6-9H,1-5H3/b14-9+/t17-/m1/s1. The quantitative estimate of drug-likeness (QED) is 0.777. The van der Waals surface area contributed by atoms with E-state index >= 15 is 0 Å². The van der Waals surface area contributed by atoms with Crippen molar-refractivity contribution in [2.24, 2.45) is 4.40 Å². The van der Waals surface area contributed by atoms with Crippen molar-refractivity contribution in [3.63, 3.8) is 0 Å². The van der Waals surface area contributed by atoms with Crippen molar-refractivity contribution in [2.45, 2.75) is 32.4 Å². The molecule has 0 aliphatic rings. The van der Waals surface area contributed by atoms with Gasteiger partial charge < -0.3 is 4.74 Å². The predicted octanol–water partition coefficient (Wildman–Crippen LogP) is 2.88. The molecule has 0 spiro atoms. The first-order chi connectivity index (χ1) is 7.86. The molecule has 0 fully saturated rings. The molecule has 1 aromatic rings. The number of hydrogen-bond donors (Lipinski definition) is 0. The first-order valence-corrected chi connectivity index (χ1v) is 6.56. The number of aryl methyl sites for hydroxylation is 1. The zero-order chi connectivity index (χ0) is 13.1. The summed E-state index contributed by atoms with van der Waals surface area (Å²) in [6.45, 7) is 7.66. The van der Waals surface area contributed by atoms with Crippen molar-refractivity contribution < 1.29 is 8.95 Å². The molecule has 4 heteroatoms. The van der Waals surface area contributed by atoms with Crippen molar-refractivity contribution in [2.75, 3.05) is 7.11 Å². The molecule has 0 bridgehead atoms. The summed E-state index contributed by atoms with van der Waals surface area (Å²) in [5.41, 5.74) is 1.89. The molecule has 1 rings (SSSR count). The Hall–Kier alpha value is -1.16. The van der Waals surface area contributed by atoms with Gasteiger partial charge in [-0.1, -0.05) is 12.1 Å². The van der Waals surface area contributed by atoms with Gasteiger partial charge in [0.2, 0.25) is 0 Å². The highest BCUT2D eigenvalue weighted by atomic mass is 32.2. The van der Waals surface area contributed by atoms with Gasteiger partial charge in [-0.3, -0.25) is 0 Å². The van der Waals surface area contributed by atoms with Crippen molar-refractivity contribution in [1.82, 2.24) is 0 Å². The molecule has 3 nitrogen and oxygen atoms in total. The molecule has 0 unspecified atom stereocenters. The third-order valence-electron chi connectivity index (χ3n) is 2.26. The van der Waals surface area contributed by atoms with Crippen LogP contribution in [0.4, 0.5) is 0 Å². The second-order valence-corrected chi connectivity index (χ2v) is 6.73. The summed E-state index contributed by atoms with van der Waals surface area (Å²) >= 11 is 0. The molecule has 17 heavy (non-hydrogen) atoms. The molecule has 0 aliphatic heterocycles. The molecule has 94 valence electrons. The minimum absolute atomic E-state index is 0.340. The smallest absolute Gasteiger partial charge is 0.144 e. The fourth-order valence-corrected chi connectivity index (χ4v) is 1.84. The molecule has 0 amide bonds. The summed E-state index contributed by atoms with van der Waals surface area (Å²) in [5, 5.41) is 0. The molecule has 0 saturated heterocycles. The highest BCUT2D eigenvalue weighted by Crippen LogP contribution is 2.21. The average molecular weight is 253 g/mol. The maximum absolute atomic E-state index is 11.8. The minimum atomic E-state index is -1.24. The molecule has 1 aromatic carbocycles. The maximum atomic E-state index is 11.8. The van der Waals surface area contributed by atoms with Crippen LogP contribution in [-0.2, 0) is 11.0 Å². The van der Waals surface area contributed by atoms with Crippen molar-refractivity contribution in [1.29, 1.82) is 0 Å². The fourth-order valence-electron chi connectivity index (χ4n) is 1.32. The Bertz CT molecular complexity index is 447. The van der Waals surface area contributed by atoms with Gasteiger partial charge in [0.15, 0.2) is 0 Å². The second-order valence-electron chi connectivity index (χ2n) is 4.79. The lowest BCUT2D eigenvalue weighted by atomic mass is 10.1. The van der Waals surface area contributed by atoms with Gasteiger partial charge in [-0.15, -0.1) is 0 Å². The second kappa shape index (κ2) is 5.45. The largest absolute Gasteiger partial charge is 0.496 e. The van der Waals surface area contributed by atoms with E-state index in [0.29, 0.717) is 0 Å². The number of ether oxygens (including phenoxy) is 1. The van der Waals surface area contributed by atoms with Gasteiger partial charge in [0, 0.05) is 11.8 Å². The van der Waals surface area contributed by atoms with Gasteiger partial charge in [-0.25, -0.2) is 4.21 Å². The first kappa shape index (κ1) is 13.9. The number of benzene rings is 1. The number of para-hydroxylation sites is 1. The summed E-state index contributed by atoms with van der Waals surface area (Å²) in [6, 6.07) is 5.80. The van der Waals surface area contributed by atoms with E-state index in [4.69, 9.17) is 4.74 Å². The van der Waals surface area contributed by atoms with E-state index in [2.05, 4.69) is 4.40 Å². The summed E-state index contributed by atoms with van der Waals surface area (Å²) in [4.78, 5) is 0. The fraction of sp³-hybridized carbons (Fsp3) is 0.462. The molecule has 0 aliphatic carbocycles. The van der Waals surface area contributed by atoms with Gasteiger partial charge in [0.1, 0.15) is 16.7 Å². The normalized spacial score (nSPS) is 13.9. The van der Waals surface area contributed by atoms with Crippen LogP contribution in [-0.4, -0.2) is 22.3 Å². The predicted molar refractivity (Wildman–Crippen MR) is 73.2 cm³/mol. The molecular formula is C13H19NO2S. The van der Waals surface area contributed by atoms with Gasteiger partial charge in [-0.2, -0.15) is 4.40 Å². The van der Waals surface area contributed by atoms with Crippen LogP contribution >= 0.6 is 0 Å². The number of rotatable bonds is 3. The van der Waals surface area contributed by atoms with Crippen LogP contribution in [0, 0.1) is 6.92 Å². The molecule has 0 radical (unpaired) electrons. The van der Waals surface area contributed by atoms with Crippen molar-refractivity contribution in [3.05, 3.63) is 29.3 Å². The van der Waals surface area contributed by atoms with Crippen LogP contribution in [0.5, 0.6) is 5.75 Å². The Kier molecular flexibility index (Phi) is 4.46. The van der Waals surface area contributed by atoms with E-state index in [1.165, 1.54) is 0 Å². The van der Waals surface area contributed by atoms with Gasteiger partial charge in [0.05, 0.1) is 11.9 Å². The third kappa shape index (κ3) is 3.66. The van der Waals surface area contributed by atoms with Crippen LogP contribution in [0.25, 0.3) is 0 Å². The molecule has 0 N–H and O–H groups in total. The van der Waals surface area contributed by atoms with Crippen LogP contribution < -0.4 is 4.74 Å². The highest BCUT2D eigenvalue weighted by molar-refractivity contribution is 7.85. The Morgan fingerprint density at radius 1 is 1.35 bits per heavy atom. The van der Waals surface area contributed by atoms with E-state index in [-0.39, 0.29) is 4.75 Å².